The molecule has 16 heavy (non-hydrogen) atoms. The van der Waals surface area contributed by atoms with Gasteiger partial charge in [-0.3, -0.25) is 0 Å². The van der Waals surface area contributed by atoms with E-state index in [9.17, 15) is 0 Å². The third-order valence-electron chi connectivity index (χ3n) is 4.07. The lowest BCUT2D eigenvalue weighted by Gasteiger charge is -2.42. The number of nitrogens with one attached hydrogen (secondary N) is 2. The summed E-state index contributed by atoms with van der Waals surface area (Å²) in [6, 6.07) is 0.387. The van der Waals surface area contributed by atoms with Gasteiger partial charge >= 0.3 is 0 Å². The van der Waals surface area contributed by atoms with Gasteiger partial charge in [-0.25, -0.2) is 4.98 Å². The number of rotatable bonds is 0. The Bertz CT molecular complexity index is 388. The Labute approximate surface area is 96.0 Å². The molecule has 0 aromatic carbocycles. The maximum absolute atomic E-state index is 5.99. The van der Waals surface area contributed by atoms with E-state index in [4.69, 9.17) is 10.7 Å². The molecule has 1 fully saturated rings. The largest absolute Gasteiger partial charge is 0.346 e. The van der Waals surface area contributed by atoms with Crippen LogP contribution in [-0.2, 0) is 12.0 Å². The van der Waals surface area contributed by atoms with E-state index in [-0.39, 0.29) is 5.54 Å². The fraction of sp³-hybridized carbons (Fsp3) is 0.750. The van der Waals surface area contributed by atoms with Gasteiger partial charge in [-0.1, -0.05) is 0 Å². The summed E-state index contributed by atoms with van der Waals surface area (Å²) in [7, 11) is 0. The highest BCUT2D eigenvalue weighted by Crippen LogP contribution is 2.39. The van der Waals surface area contributed by atoms with E-state index in [1.54, 1.807) is 0 Å². The predicted octanol–water partition coefficient (Wildman–Crippen LogP) is 0.960. The van der Waals surface area contributed by atoms with Crippen molar-refractivity contribution in [1.82, 2.24) is 15.3 Å². The Balaban J connectivity index is 1.97. The van der Waals surface area contributed by atoms with Crippen LogP contribution in [-0.4, -0.2) is 22.6 Å². The number of nitrogens with zero attached hydrogens (tertiary/aromatic N) is 1. The second-order valence-corrected chi connectivity index (χ2v) is 5.25. The van der Waals surface area contributed by atoms with Gasteiger partial charge in [0, 0.05) is 24.7 Å². The number of fused-ring (bicyclic) bond motifs is 2. The van der Waals surface area contributed by atoms with E-state index in [0.29, 0.717) is 6.04 Å². The monoisotopic (exact) mass is 220 g/mol. The van der Waals surface area contributed by atoms with E-state index in [2.05, 4.69) is 10.3 Å². The van der Waals surface area contributed by atoms with E-state index in [0.717, 1.165) is 44.5 Å². The molecule has 1 aromatic heterocycles. The average molecular weight is 220 g/mol. The number of aromatic nitrogens is 2. The number of nitrogens with two attached hydrogens (primary N) is 1. The standard InChI is InChI=1S/C12H20N4/c1-8-15-10-4-7-14-12(11(10)16-8)5-2-9(13)3-6-12/h9,14H,2-7,13H2,1H3,(H,15,16). The summed E-state index contributed by atoms with van der Waals surface area (Å²) in [4.78, 5) is 8.09. The topological polar surface area (TPSA) is 66.7 Å². The third kappa shape index (κ3) is 1.48. The van der Waals surface area contributed by atoms with Crippen molar-refractivity contribution in [3.05, 3.63) is 17.2 Å². The van der Waals surface area contributed by atoms with Crippen molar-refractivity contribution in [2.24, 2.45) is 5.73 Å². The highest BCUT2D eigenvalue weighted by Gasteiger charge is 2.41. The van der Waals surface area contributed by atoms with Gasteiger partial charge < -0.3 is 16.0 Å². The molecule has 88 valence electrons. The van der Waals surface area contributed by atoms with Crippen LogP contribution in [0.25, 0.3) is 0 Å². The van der Waals surface area contributed by atoms with Crippen molar-refractivity contribution >= 4 is 0 Å². The zero-order valence-corrected chi connectivity index (χ0v) is 9.84. The summed E-state index contributed by atoms with van der Waals surface area (Å²) in [5.41, 5.74) is 8.72. The molecule has 0 unspecified atom stereocenters. The van der Waals surface area contributed by atoms with Gasteiger partial charge in [-0.15, -0.1) is 0 Å². The van der Waals surface area contributed by atoms with Gasteiger partial charge in [-0.05, 0) is 32.6 Å². The molecule has 0 saturated heterocycles. The van der Waals surface area contributed by atoms with Gasteiger partial charge in [0.2, 0.25) is 0 Å². The summed E-state index contributed by atoms with van der Waals surface area (Å²) < 4.78 is 0. The highest BCUT2D eigenvalue weighted by molar-refractivity contribution is 5.27. The second kappa shape index (κ2) is 3.57. The van der Waals surface area contributed by atoms with E-state index in [1.165, 1.54) is 11.4 Å². The van der Waals surface area contributed by atoms with Gasteiger partial charge in [0.15, 0.2) is 0 Å². The molecule has 2 aliphatic rings. The lowest BCUT2D eigenvalue weighted by atomic mass is 9.75. The van der Waals surface area contributed by atoms with Gasteiger partial charge in [0.1, 0.15) is 5.82 Å². The number of imidazole rings is 1. The number of aromatic amines is 1. The van der Waals surface area contributed by atoms with Crippen LogP contribution in [0, 0.1) is 6.92 Å². The van der Waals surface area contributed by atoms with Crippen LogP contribution in [0.4, 0.5) is 0 Å². The van der Waals surface area contributed by atoms with Gasteiger partial charge in [0.05, 0.1) is 11.2 Å². The first kappa shape index (κ1) is 10.3. The number of H-pyrrole nitrogens is 1. The van der Waals surface area contributed by atoms with Gasteiger partial charge in [-0.2, -0.15) is 0 Å². The zero-order chi connectivity index (χ0) is 11.2. The first-order chi connectivity index (χ1) is 7.70. The maximum Gasteiger partial charge on any atom is 0.103 e. The number of hydrogen-bond donors (Lipinski definition) is 3. The van der Waals surface area contributed by atoms with Crippen LogP contribution in [0.2, 0.25) is 0 Å². The van der Waals surface area contributed by atoms with Crippen LogP contribution >= 0.6 is 0 Å². The summed E-state index contributed by atoms with van der Waals surface area (Å²) in [6.07, 6.45) is 5.55. The Hall–Kier alpha value is -0.870. The van der Waals surface area contributed by atoms with Crippen molar-refractivity contribution in [3.8, 4) is 0 Å². The smallest absolute Gasteiger partial charge is 0.103 e. The highest BCUT2D eigenvalue weighted by atomic mass is 15.1. The zero-order valence-electron chi connectivity index (χ0n) is 9.84. The van der Waals surface area contributed by atoms with E-state index < -0.39 is 0 Å². The maximum atomic E-state index is 5.99. The number of hydrogen-bond acceptors (Lipinski definition) is 3. The second-order valence-electron chi connectivity index (χ2n) is 5.25. The third-order valence-corrected chi connectivity index (χ3v) is 4.07. The molecule has 4 heteroatoms. The van der Waals surface area contributed by atoms with E-state index in [1.807, 2.05) is 6.92 Å². The molecule has 0 radical (unpaired) electrons. The van der Waals surface area contributed by atoms with Crippen molar-refractivity contribution in [2.75, 3.05) is 6.54 Å². The SMILES string of the molecule is Cc1nc2c([nH]1)CCNC21CCC(N)CC1. The normalized spacial score (nSPS) is 34.0. The minimum absolute atomic E-state index is 0.119. The minimum atomic E-state index is 0.119. The molecule has 1 aromatic rings. The molecule has 3 rings (SSSR count). The summed E-state index contributed by atoms with van der Waals surface area (Å²) in [6.45, 7) is 3.10. The molecular formula is C12H20N4. The Morgan fingerprint density at radius 3 is 2.88 bits per heavy atom. The molecule has 4 nitrogen and oxygen atoms in total. The molecule has 1 aliphatic carbocycles. The molecule has 1 saturated carbocycles. The molecule has 1 spiro atoms. The lowest BCUT2D eigenvalue weighted by Crippen LogP contribution is -2.51. The van der Waals surface area contributed by atoms with Crippen molar-refractivity contribution < 1.29 is 0 Å². The molecule has 1 aliphatic heterocycles. The Morgan fingerprint density at radius 1 is 1.38 bits per heavy atom. The molecule has 0 atom stereocenters. The van der Waals surface area contributed by atoms with E-state index >= 15 is 0 Å². The Kier molecular flexibility index (Phi) is 2.30. The summed E-state index contributed by atoms with van der Waals surface area (Å²) in [5, 5.41) is 3.69. The quantitative estimate of drug-likeness (QED) is 0.610. The summed E-state index contributed by atoms with van der Waals surface area (Å²) in [5.74, 6) is 1.04. The number of aryl methyl sites for hydroxylation is 1. The molecule has 0 amide bonds. The van der Waals surface area contributed by atoms with Crippen LogP contribution < -0.4 is 11.1 Å². The average Bonchev–Trinajstić information content (AvgIpc) is 2.65. The predicted molar refractivity (Wildman–Crippen MR) is 63.2 cm³/mol. The first-order valence-electron chi connectivity index (χ1n) is 6.26. The molecule has 4 N–H and O–H groups in total. The molecular weight excluding hydrogens is 200 g/mol. The van der Waals surface area contributed by atoms with Gasteiger partial charge in [0.25, 0.3) is 0 Å². The molecule has 0 bridgehead atoms. The minimum Gasteiger partial charge on any atom is -0.346 e. The van der Waals surface area contributed by atoms with Crippen molar-refractivity contribution in [3.63, 3.8) is 0 Å². The Morgan fingerprint density at radius 2 is 2.12 bits per heavy atom. The van der Waals surface area contributed by atoms with Crippen LogP contribution in [0.3, 0.4) is 0 Å². The van der Waals surface area contributed by atoms with Crippen molar-refractivity contribution in [2.45, 2.75) is 50.6 Å². The first-order valence-corrected chi connectivity index (χ1v) is 6.26. The summed E-state index contributed by atoms with van der Waals surface area (Å²) >= 11 is 0. The van der Waals surface area contributed by atoms with Crippen LogP contribution in [0.1, 0.15) is 42.9 Å². The lowest BCUT2D eigenvalue weighted by molar-refractivity contribution is 0.202. The van der Waals surface area contributed by atoms with Crippen LogP contribution in [0.5, 0.6) is 0 Å². The van der Waals surface area contributed by atoms with Crippen molar-refractivity contribution in [1.29, 1.82) is 0 Å². The fourth-order valence-electron chi connectivity index (χ4n) is 3.17. The molecule has 2 heterocycles. The van der Waals surface area contributed by atoms with Crippen LogP contribution in [0.15, 0.2) is 0 Å². The fourth-order valence-corrected chi connectivity index (χ4v) is 3.17.